The van der Waals surface area contributed by atoms with Crippen molar-refractivity contribution in [3.63, 3.8) is 0 Å². The van der Waals surface area contributed by atoms with Crippen molar-refractivity contribution in [2.45, 2.75) is 53.4 Å². The van der Waals surface area contributed by atoms with Gasteiger partial charge in [-0.25, -0.2) is 4.39 Å². The zero-order valence-corrected chi connectivity index (χ0v) is 17.1. The van der Waals surface area contributed by atoms with Gasteiger partial charge in [-0.3, -0.25) is 0 Å². The molecule has 1 aromatic rings. The first-order valence-corrected chi connectivity index (χ1v) is 9.79. The zero-order valence-electron chi connectivity index (χ0n) is 17.1. The lowest BCUT2D eigenvalue weighted by Gasteiger charge is -2.25. The fraction of sp³-hybridized carbons (Fsp3) is 0.478. The molecule has 0 bridgehead atoms. The SMILES string of the molecule is C=C1Cc2cc(OCC)c(F)c(F)c2O/C1=C(\F)C(=C)C(C)CCC(C)CC. The van der Waals surface area contributed by atoms with E-state index >= 15 is 4.39 Å². The molecule has 1 aliphatic rings. The molecule has 1 heterocycles. The van der Waals surface area contributed by atoms with Crippen LogP contribution >= 0.6 is 0 Å². The van der Waals surface area contributed by atoms with Crippen molar-refractivity contribution in [3.05, 3.63) is 59.2 Å². The van der Waals surface area contributed by atoms with Gasteiger partial charge in [0.2, 0.25) is 11.6 Å². The van der Waals surface area contributed by atoms with E-state index in [0.717, 1.165) is 19.3 Å². The van der Waals surface area contributed by atoms with Crippen LogP contribution in [0.25, 0.3) is 0 Å². The van der Waals surface area contributed by atoms with E-state index < -0.39 is 17.5 Å². The predicted molar refractivity (Wildman–Crippen MR) is 106 cm³/mol. The molecule has 0 aromatic heterocycles. The minimum Gasteiger partial charge on any atom is -0.491 e. The number of rotatable bonds is 8. The van der Waals surface area contributed by atoms with Crippen LogP contribution in [0.1, 0.15) is 52.5 Å². The molecule has 0 saturated carbocycles. The third-order valence-corrected chi connectivity index (χ3v) is 5.30. The number of hydrogen-bond acceptors (Lipinski definition) is 2. The van der Waals surface area contributed by atoms with E-state index in [1.807, 2.05) is 6.92 Å². The lowest BCUT2D eigenvalue weighted by atomic mass is 9.90. The predicted octanol–water partition coefficient (Wildman–Crippen LogP) is 7.05. The summed E-state index contributed by atoms with van der Waals surface area (Å²) in [5, 5.41) is 0. The lowest BCUT2D eigenvalue weighted by Crippen LogP contribution is -2.16. The summed E-state index contributed by atoms with van der Waals surface area (Å²) in [6, 6.07) is 1.38. The Morgan fingerprint density at radius 2 is 1.89 bits per heavy atom. The molecular weight excluding hydrogens is 365 g/mol. The molecule has 0 N–H and O–H groups in total. The highest BCUT2D eigenvalue weighted by atomic mass is 19.2. The molecule has 0 fully saturated rings. The van der Waals surface area contributed by atoms with Crippen molar-refractivity contribution in [3.8, 4) is 11.5 Å². The zero-order chi connectivity index (χ0) is 21.0. The molecule has 2 atom stereocenters. The third-order valence-electron chi connectivity index (χ3n) is 5.30. The normalized spacial score (nSPS) is 17.5. The fourth-order valence-electron chi connectivity index (χ4n) is 3.10. The van der Waals surface area contributed by atoms with Gasteiger partial charge in [-0.2, -0.15) is 8.78 Å². The van der Waals surface area contributed by atoms with Crippen molar-refractivity contribution < 1.29 is 22.6 Å². The summed E-state index contributed by atoms with van der Waals surface area (Å²) < 4.78 is 54.3. The van der Waals surface area contributed by atoms with Gasteiger partial charge in [0, 0.05) is 12.0 Å². The Bertz CT molecular complexity index is 796. The summed E-state index contributed by atoms with van der Waals surface area (Å²) in [6.45, 7) is 15.8. The molecule has 154 valence electrons. The first-order valence-electron chi connectivity index (χ1n) is 9.79. The van der Waals surface area contributed by atoms with E-state index in [9.17, 15) is 8.78 Å². The fourth-order valence-corrected chi connectivity index (χ4v) is 3.10. The molecule has 5 heteroatoms. The maximum Gasteiger partial charge on any atom is 0.205 e. The standard InChI is InChI=1S/C23H29F3O2/c1-7-13(3)9-10-14(4)16(6)19(24)22-15(5)11-17-12-18(27-8-2)20(25)21(26)23(17)28-22/h12-14H,5-11H2,1-4H3/b22-19-. The Balaban J connectivity index is 2.30. The molecule has 2 nitrogen and oxygen atoms in total. The van der Waals surface area contributed by atoms with E-state index in [2.05, 4.69) is 27.0 Å². The Hall–Kier alpha value is -2.17. The topological polar surface area (TPSA) is 18.5 Å². The molecule has 2 unspecified atom stereocenters. The maximum atomic E-state index is 15.1. The van der Waals surface area contributed by atoms with Gasteiger partial charge in [-0.15, -0.1) is 0 Å². The number of ether oxygens (including phenoxy) is 2. The van der Waals surface area contributed by atoms with Crippen LogP contribution in [0.15, 0.2) is 42.0 Å². The van der Waals surface area contributed by atoms with Gasteiger partial charge in [0.1, 0.15) is 0 Å². The molecule has 1 aromatic carbocycles. The van der Waals surface area contributed by atoms with E-state index in [0.29, 0.717) is 17.1 Å². The summed E-state index contributed by atoms with van der Waals surface area (Å²) in [5.74, 6) is -3.21. The largest absolute Gasteiger partial charge is 0.491 e. The quantitative estimate of drug-likeness (QED) is 0.470. The Kier molecular flexibility index (Phi) is 7.39. The monoisotopic (exact) mass is 394 g/mol. The highest BCUT2D eigenvalue weighted by Gasteiger charge is 2.30. The number of halogens is 3. The van der Waals surface area contributed by atoms with Crippen LogP contribution in [0.2, 0.25) is 0 Å². The molecule has 28 heavy (non-hydrogen) atoms. The molecule has 0 spiro atoms. The first kappa shape index (κ1) is 22.1. The van der Waals surface area contributed by atoms with Gasteiger partial charge in [0.25, 0.3) is 0 Å². The molecule has 0 saturated heterocycles. The number of allylic oxidation sites excluding steroid dienone is 3. The van der Waals surface area contributed by atoms with Crippen molar-refractivity contribution in [1.29, 1.82) is 0 Å². The van der Waals surface area contributed by atoms with Crippen LogP contribution < -0.4 is 9.47 Å². The summed E-state index contributed by atoms with van der Waals surface area (Å²) >= 11 is 0. The Morgan fingerprint density at radius 1 is 1.21 bits per heavy atom. The van der Waals surface area contributed by atoms with Crippen LogP contribution in [-0.2, 0) is 6.42 Å². The van der Waals surface area contributed by atoms with Gasteiger partial charge in [-0.1, -0.05) is 46.8 Å². The van der Waals surface area contributed by atoms with E-state index in [1.54, 1.807) is 6.92 Å². The van der Waals surface area contributed by atoms with Crippen LogP contribution in [0, 0.1) is 23.5 Å². The van der Waals surface area contributed by atoms with Gasteiger partial charge >= 0.3 is 0 Å². The average molecular weight is 394 g/mol. The lowest BCUT2D eigenvalue weighted by molar-refractivity contribution is 0.302. The van der Waals surface area contributed by atoms with Gasteiger partial charge in [0.15, 0.2) is 23.1 Å². The number of fused-ring (bicyclic) bond motifs is 1. The molecule has 1 aliphatic heterocycles. The van der Waals surface area contributed by atoms with Gasteiger partial charge in [-0.05, 0) is 42.4 Å². The second-order valence-corrected chi connectivity index (χ2v) is 7.47. The molecular formula is C23H29F3O2. The highest BCUT2D eigenvalue weighted by Crippen LogP contribution is 2.41. The van der Waals surface area contributed by atoms with Crippen LogP contribution in [-0.4, -0.2) is 6.61 Å². The van der Waals surface area contributed by atoms with Gasteiger partial charge in [0.05, 0.1) is 6.61 Å². The van der Waals surface area contributed by atoms with Crippen molar-refractivity contribution in [2.75, 3.05) is 6.61 Å². The summed E-state index contributed by atoms with van der Waals surface area (Å²) in [7, 11) is 0. The van der Waals surface area contributed by atoms with Crippen LogP contribution in [0.3, 0.4) is 0 Å². The van der Waals surface area contributed by atoms with Crippen molar-refractivity contribution in [1.82, 2.24) is 0 Å². The minimum atomic E-state index is -1.19. The molecule has 0 radical (unpaired) electrons. The molecule has 2 rings (SSSR count). The van der Waals surface area contributed by atoms with Crippen LogP contribution in [0.4, 0.5) is 13.2 Å². The number of benzene rings is 1. The minimum absolute atomic E-state index is 0.0961. The number of hydrogen-bond donors (Lipinski definition) is 0. The van der Waals surface area contributed by atoms with Crippen LogP contribution in [0.5, 0.6) is 11.5 Å². The summed E-state index contributed by atoms with van der Waals surface area (Å²) in [4.78, 5) is 0. The summed E-state index contributed by atoms with van der Waals surface area (Å²) in [5.41, 5.74) is 1.02. The van der Waals surface area contributed by atoms with E-state index in [4.69, 9.17) is 9.47 Å². The molecule has 0 aliphatic carbocycles. The molecule has 0 amide bonds. The second-order valence-electron chi connectivity index (χ2n) is 7.47. The van der Waals surface area contributed by atoms with Crippen molar-refractivity contribution >= 4 is 0 Å². The first-order chi connectivity index (χ1) is 13.2. The van der Waals surface area contributed by atoms with E-state index in [1.165, 1.54) is 6.07 Å². The second kappa shape index (κ2) is 9.35. The summed E-state index contributed by atoms with van der Waals surface area (Å²) in [6.07, 6.45) is 2.96. The smallest absolute Gasteiger partial charge is 0.205 e. The third kappa shape index (κ3) is 4.62. The Morgan fingerprint density at radius 3 is 2.50 bits per heavy atom. The highest BCUT2D eigenvalue weighted by molar-refractivity contribution is 5.52. The Labute approximate surface area is 165 Å². The maximum absolute atomic E-state index is 15.1. The van der Waals surface area contributed by atoms with E-state index in [-0.39, 0.29) is 41.8 Å². The van der Waals surface area contributed by atoms with Gasteiger partial charge < -0.3 is 9.47 Å². The van der Waals surface area contributed by atoms with Crippen molar-refractivity contribution in [2.24, 2.45) is 11.8 Å². The average Bonchev–Trinajstić information content (AvgIpc) is 2.68.